The predicted octanol–water partition coefficient (Wildman–Crippen LogP) is -0.0143. The summed E-state index contributed by atoms with van der Waals surface area (Å²) in [5, 5.41) is 15.2. The molecule has 0 saturated carbocycles. The molecule has 1 aromatic rings. The van der Waals surface area contributed by atoms with E-state index in [1.807, 2.05) is 24.5 Å². The number of hydrogen-bond acceptors (Lipinski definition) is 2. The van der Waals surface area contributed by atoms with Crippen LogP contribution in [0.4, 0.5) is 0 Å². The van der Waals surface area contributed by atoms with E-state index in [9.17, 15) is 0 Å². The Morgan fingerprint density at radius 3 is 1.56 bits per heavy atom. The van der Waals surface area contributed by atoms with Crippen LogP contribution in [0.2, 0.25) is 0 Å². The third-order valence-corrected chi connectivity index (χ3v) is 0.596. The Morgan fingerprint density at radius 1 is 1.00 bits per heavy atom. The van der Waals surface area contributed by atoms with Crippen molar-refractivity contribution in [2.75, 3.05) is 13.2 Å². The Hall–Kier alpha value is -0.800. The molecule has 0 bridgehead atoms. The number of rotatable bonds is 1. The fourth-order valence-corrected chi connectivity index (χ4v) is 0.278. The lowest BCUT2D eigenvalue weighted by Gasteiger charge is -1.70. The van der Waals surface area contributed by atoms with Crippen molar-refractivity contribution < 1.29 is 10.2 Å². The lowest BCUT2D eigenvalue weighted by atomic mass is 10.7. The third kappa shape index (κ3) is 7.20. The Balaban J connectivity index is 0.000000148. The summed E-state index contributed by atoms with van der Waals surface area (Å²) in [5.41, 5.74) is 0. The highest BCUT2D eigenvalue weighted by Crippen LogP contribution is 1.72. The first-order chi connectivity index (χ1) is 4.41. The van der Waals surface area contributed by atoms with Crippen LogP contribution in [0, 0.1) is 0 Å². The molecule has 1 aromatic heterocycles. The smallest absolute Gasteiger partial charge is 0.0662 e. The maximum atomic E-state index is 7.62. The van der Waals surface area contributed by atoms with Gasteiger partial charge in [0.1, 0.15) is 0 Å². The second-order valence-electron chi connectivity index (χ2n) is 1.33. The van der Waals surface area contributed by atoms with Gasteiger partial charge in [0.15, 0.2) is 0 Å². The second kappa shape index (κ2) is 7.20. The zero-order valence-corrected chi connectivity index (χ0v) is 5.12. The van der Waals surface area contributed by atoms with E-state index < -0.39 is 0 Å². The largest absolute Gasteiger partial charge is 0.394 e. The molecule has 0 saturated heterocycles. The summed E-state index contributed by atoms with van der Waals surface area (Å²) in [6.07, 6.45) is 3.75. The van der Waals surface area contributed by atoms with Crippen molar-refractivity contribution in [3.63, 3.8) is 0 Å². The minimum atomic E-state index is -0.125. The summed E-state index contributed by atoms with van der Waals surface area (Å²) in [5.74, 6) is 0. The number of aliphatic hydroxyl groups is 2. The number of aromatic nitrogens is 1. The standard InChI is InChI=1S/C4H5N.C2H6O2/c1-2-4-5-3-1;3-1-2-4/h1-5H;3-4H,1-2H2. The lowest BCUT2D eigenvalue weighted by Crippen LogP contribution is -1.85. The van der Waals surface area contributed by atoms with Crippen LogP contribution < -0.4 is 0 Å². The normalized spacial score (nSPS) is 7.78. The first-order valence-electron chi connectivity index (χ1n) is 2.71. The minimum Gasteiger partial charge on any atom is -0.394 e. The molecule has 0 aromatic carbocycles. The van der Waals surface area contributed by atoms with Crippen LogP contribution in [0.5, 0.6) is 0 Å². The monoisotopic (exact) mass is 129 g/mol. The number of aliphatic hydroxyl groups excluding tert-OH is 2. The van der Waals surface area contributed by atoms with Crippen molar-refractivity contribution in [3.05, 3.63) is 24.5 Å². The molecule has 0 radical (unpaired) electrons. The SMILES string of the molecule is OCCO.c1cc[nH]c1. The molecule has 0 atom stereocenters. The molecule has 0 fully saturated rings. The quantitative estimate of drug-likeness (QED) is 0.499. The van der Waals surface area contributed by atoms with Gasteiger partial charge in [0.2, 0.25) is 0 Å². The van der Waals surface area contributed by atoms with Crippen molar-refractivity contribution in [1.29, 1.82) is 0 Å². The topological polar surface area (TPSA) is 56.2 Å². The van der Waals surface area contributed by atoms with Gasteiger partial charge < -0.3 is 15.2 Å². The van der Waals surface area contributed by atoms with E-state index in [-0.39, 0.29) is 13.2 Å². The van der Waals surface area contributed by atoms with Crippen molar-refractivity contribution in [1.82, 2.24) is 4.98 Å². The molecule has 0 unspecified atom stereocenters. The van der Waals surface area contributed by atoms with E-state index in [1.165, 1.54) is 0 Å². The molecule has 3 heteroatoms. The van der Waals surface area contributed by atoms with Crippen molar-refractivity contribution in [2.24, 2.45) is 0 Å². The molecule has 0 aliphatic heterocycles. The van der Waals surface area contributed by atoms with Gasteiger partial charge in [0, 0.05) is 12.4 Å². The van der Waals surface area contributed by atoms with E-state index in [4.69, 9.17) is 10.2 Å². The number of aromatic amines is 1. The van der Waals surface area contributed by atoms with Gasteiger partial charge >= 0.3 is 0 Å². The van der Waals surface area contributed by atoms with E-state index in [0.717, 1.165) is 0 Å². The Kier molecular flexibility index (Phi) is 6.56. The fourth-order valence-electron chi connectivity index (χ4n) is 0.278. The van der Waals surface area contributed by atoms with Crippen molar-refractivity contribution in [2.45, 2.75) is 0 Å². The first-order valence-corrected chi connectivity index (χ1v) is 2.71. The molecule has 0 spiro atoms. The number of H-pyrrole nitrogens is 1. The van der Waals surface area contributed by atoms with Gasteiger partial charge in [0.05, 0.1) is 13.2 Å². The molecule has 1 heterocycles. The zero-order chi connectivity index (χ0) is 6.95. The van der Waals surface area contributed by atoms with Gasteiger partial charge in [-0.05, 0) is 12.1 Å². The summed E-state index contributed by atoms with van der Waals surface area (Å²) in [7, 11) is 0. The van der Waals surface area contributed by atoms with Crippen molar-refractivity contribution in [3.8, 4) is 0 Å². The van der Waals surface area contributed by atoms with Crippen LogP contribution in [0.15, 0.2) is 24.5 Å². The van der Waals surface area contributed by atoms with Crippen LogP contribution in [-0.2, 0) is 0 Å². The van der Waals surface area contributed by atoms with Crippen LogP contribution in [0.3, 0.4) is 0 Å². The highest BCUT2D eigenvalue weighted by atomic mass is 16.3. The van der Waals surface area contributed by atoms with Gasteiger partial charge in [-0.2, -0.15) is 0 Å². The average Bonchev–Trinajstić information content (AvgIpc) is 2.43. The van der Waals surface area contributed by atoms with Gasteiger partial charge in [-0.25, -0.2) is 0 Å². The molecule has 9 heavy (non-hydrogen) atoms. The van der Waals surface area contributed by atoms with Crippen molar-refractivity contribution >= 4 is 0 Å². The molecular formula is C6H11NO2. The molecule has 0 amide bonds. The van der Waals surface area contributed by atoms with Gasteiger partial charge in [-0.1, -0.05) is 0 Å². The summed E-state index contributed by atoms with van der Waals surface area (Å²) in [6.45, 7) is -0.250. The maximum absolute atomic E-state index is 7.62. The molecule has 3 N–H and O–H groups in total. The minimum absolute atomic E-state index is 0.125. The van der Waals surface area contributed by atoms with Gasteiger partial charge in [0.25, 0.3) is 0 Å². The molecule has 1 rings (SSSR count). The highest BCUT2D eigenvalue weighted by molar-refractivity contribution is 4.84. The summed E-state index contributed by atoms with van der Waals surface area (Å²) >= 11 is 0. The summed E-state index contributed by atoms with van der Waals surface area (Å²) in [6, 6.07) is 3.89. The Bertz CT molecular complexity index is 86.6. The zero-order valence-electron chi connectivity index (χ0n) is 5.12. The van der Waals surface area contributed by atoms with Gasteiger partial charge in [-0.3, -0.25) is 0 Å². The highest BCUT2D eigenvalue weighted by Gasteiger charge is 1.58. The maximum Gasteiger partial charge on any atom is 0.0662 e. The Morgan fingerprint density at radius 2 is 1.44 bits per heavy atom. The van der Waals surface area contributed by atoms with E-state index in [2.05, 4.69) is 4.98 Å². The average molecular weight is 129 g/mol. The van der Waals surface area contributed by atoms with Crippen LogP contribution >= 0.6 is 0 Å². The van der Waals surface area contributed by atoms with Crippen LogP contribution in [0.1, 0.15) is 0 Å². The van der Waals surface area contributed by atoms with E-state index in [0.29, 0.717) is 0 Å². The first kappa shape index (κ1) is 8.20. The fraction of sp³-hybridized carbons (Fsp3) is 0.333. The van der Waals surface area contributed by atoms with E-state index in [1.54, 1.807) is 0 Å². The molecule has 3 nitrogen and oxygen atoms in total. The predicted molar refractivity (Wildman–Crippen MR) is 35.0 cm³/mol. The third-order valence-electron chi connectivity index (χ3n) is 0.596. The Labute approximate surface area is 54.0 Å². The van der Waals surface area contributed by atoms with Crippen LogP contribution in [-0.4, -0.2) is 28.4 Å². The second-order valence-corrected chi connectivity index (χ2v) is 1.33. The summed E-state index contributed by atoms with van der Waals surface area (Å²) < 4.78 is 0. The summed E-state index contributed by atoms with van der Waals surface area (Å²) in [4.78, 5) is 2.86. The number of nitrogens with one attached hydrogen (secondary N) is 1. The number of hydrogen-bond donors (Lipinski definition) is 3. The molecule has 0 aliphatic rings. The lowest BCUT2D eigenvalue weighted by molar-refractivity contribution is 0.186. The van der Waals surface area contributed by atoms with Gasteiger partial charge in [-0.15, -0.1) is 0 Å². The molecule has 52 valence electrons. The molecular weight excluding hydrogens is 118 g/mol. The molecule has 0 aliphatic carbocycles. The van der Waals surface area contributed by atoms with Crippen LogP contribution in [0.25, 0.3) is 0 Å². The van der Waals surface area contributed by atoms with E-state index >= 15 is 0 Å².